The Bertz CT molecular complexity index is 176. The third-order valence-electron chi connectivity index (χ3n) is 2.58. The van der Waals surface area contributed by atoms with E-state index in [1.807, 2.05) is 0 Å². The van der Waals surface area contributed by atoms with Crippen molar-refractivity contribution < 1.29 is 24.1 Å². The van der Waals surface area contributed by atoms with Gasteiger partial charge in [0, 0.05) is 6.54 Å². The summed E-state index contributed by atoms with van der Waals surface area (Å²) in [7, 11) is 0. The number of aliphatic hydroxyl groups excluding tert-OH is 1. The molecule has 6 nitrogen and oxygen atoms in total. The molecule has 0 bridgehead atoms. The van der Waals surface area contributed by atoms with E-state index in [-0.39, 0.29) is 6.61 Å². The van der Waals surface area contributed by atoms with E-state index in [0.29, 0.717) is 52.4 Å². The summed E-state index contributed by atoms with van der Waals surface area (Å²) in [6, 6.07) is 0. The van der Waals surface area contributed by atoms with Crippen LogP contribution in [0.15, 0.2) is 0 Å². The smallest absolute Gasteiger partial charge is 0.0712 e. The highest BCUT2D eigenvalue weighted by Gasteiger charge is 2.13. The Morgan fingerprint density at radius 2 is 1.50 bits per heavy atom. The van der Waals surface area contributed by atoms with Gasteiger partial charge in [0.15, 0.2) is 0 Å². The zero-order valence-electron chi connectivity index (χ0n) is 10.9. The third kappa shape index (κ3) is 8.79. The van der Waals surface area contributed by atoms with E-state index in [0.717, 1.165) is 19.5 Å². The number of hydrogen-bond acceptors (Lipinski definition) is 6. The maximum atomic E-state index is 8.47. The number of rotatable bonds is 12. The van der Waals surface area contributed by atoms with Crippen LogP contribution in [0.25, 0.3) is 0 Å². The van der Waals surface area contributed by atoms with Crippen molar-refractivity contribution >= 4 is 0 Å². The van der Waals surface area contributed by atoms with Crippen molar-refractivity contribution in [3.8, 4) is 0 Å². The Balaban J connectivity index is 1.68. The Kier molecular flexibility index (Phi) is 10.4. The van der Waals surface area contributed by atoms with E-state index in [9.17, 15) is 0 Å². The van der Waals surface area contributed by atoms with E-state index in [4.69, 9.17) is 24.1 Å². The molecule has 0 radical (unpaired) electrons. The summed E-state index contributed by atoms with van der Waals surface area (Å²) in [5, 5.41) is 11.7. The minimum absolute atomic E-state index is 0.0552. The van der Waals surface area contributed by atoms with Crippen LogP contribution in [0.3, 0.4) is 0 Å². The molecule has 1 fully saturated rings. The van der Waals surface area contributed by atoms with Crippen LogP contribution in [0.4, 0.5) is 0 Å². The van der Waals surface area contributed by atoms with Crippen LogP contribution < -0.4 is 5.32 Å². The number of aliphatic hydroxyl groups is 1. The normalized spacial score (nSPS) is 19.5. The summed E-state index contributed by atoms with van der Waals surface area (Å²) < 4.78 is 21.3. The largest absolute Gasteiger partial charge is 0.394 e. The summed E-state index contributed by atoms with van der Waals surface area (Å²) in [5.74, 6) is 0. The minimum atomic E-state index is 0.0552. The summed E-state index contributed by atoms with van der Waals surface area (Å²) in [5.41, 5.74) is 0. The van der Waals surface area contributed by atoms with E-state index in [1.54, 1.807) is 0 Å². The lowest BCUT2D eigenvalue weighted by molar-refractivity contribution is -0.0165. The van der Waals surface area contributed by atoms with Crippen molar-refractivity contribution in [1.29, 1.82) is 0 Å². The second kappa shape index (κ2) is 11.8. The minimum Gasteiger partial charge on any atom is -0.394 e. The topological polar surface area (TPSA) is 69.2 Å². The van der Waals surface area contributed by atoms with Gasteiger partial charge >= 0.3 is 0 Å². The van der Waals surface area contributed by atoms with Gasteiger partial charge in [0.1, 0.15) is 0 Å². The molecule has 0 aromatic heterocycles. The lowest BCUT2D eigenvalue weighted by Crippen LogP contribution is -2.19. The average molecular weight is 263 g/mol. The van der Waals surface area contributed by atoms with Crippen LogP contribution in [0.2, 0.25) is 0 Å². The molecule has 1 rings (SSSR count). The van der Waals surface area contributed by atoms with Crippen LogP contribution >= 0.6 is 0 Å². The molecule has 1 aliphatic heterocycles. The zero-order valence-corrected chi connectivity index (χ0v) is 10.9. The van der Waals surface area contributed by atoms with Crippen LogP contribution in [0, 0.1) is 0 Å². The van der Waals surface area contributed by atoms with Crippen molar-refractivity contribution in [3.63, 3.8) is 0 Å². The highest BCUT2D eigenvalue weighted by molar-refractivity contribution is 4.70. The summed E-state index contributed by atoms with van der Waals surface area (Å²) in [6.07, 6.45) is 1.45. The van der Waals surface area contributed by atoms with Gasteiger partial charge in [-0.2, -0.15) is 0 Å². The molecule has 1 unspecified atom stereocenters. The van der Waals surface area contributed by atoms with Crippen LogP contribution in [0.1, 0.15) is 6.42 Å². The van der Waals surface area contributed by atoms with Crippen molar-refractivity contribution in [2.75, 3.05) is 65.9 Å². The molecule has 18 heavy (non-hydrogen) atoms. The highest BCUT2D eigenvalue weighted by Crippen LogP contribution is 2.01. The maximum Gasteiger partial charge on any atom is 0.0712 e. The third-order valence-corrected chi connectivity index (χ3v) is 2.58. The first kappa shape index (κ1) is 15.8. The fourth-order valence-electron chi connectivity index (χ4n) is 1.65. The monoisotopic (exact) mass is 263 g/mol. The molecule has 108 valence electrons. The van der Waals surface area contributed by atoms with Gasteiger partial charge < -0.3 is 29.4 Å². The molecule has 1 aliphatic rings. The molecular weight excluding hydrogens is 238 g/mol. The van der Waals surface area contributed by atoms with Gasteiger partial charge in [-0.15, -0.1) is 0 Å². The molecule has 0 aromatic rings. The van der Waals surface area contributed by atoms with Gasteiger partial charge in [0.25, 0.3) is 0 Å². The Morgan fingerprint density at radius 1 is 0.889 bits per heavy atom. The molecule has 1 saturated heterocycles. The quantitative estimate of drug-likeness (QED) is 0.459. The van der Waals surface area contributed by atoms with Gasteiger partial charge in [0.2, 0.25) is 0 Å². The zero-order chi connectivity index (χ0) is 12.9. The standard InChI is InChI=1S/C12H25NO5/c14-3-4-15-5-6-16-7-8-17-9-10-18-12-1-2-13-11-12/h12-14H,1-11H2. The lowest BCUT2D eigenvalue weighted by Gasteiger charge is -2.10. The molecule has 0 saturated carbocycles. The maximum absolute atomic E-state index is 8.47. The fraction of sp³-hybridized carbons (Fsp3) is 1.00. The van der Waals surface area contributed by atoms with Gasteiger partial charge in [-0.3, -0.25) is 0 Å². The van der Waals surface area contributed by atoms with Crippen LogP contribution in [-0.4, -0.2) is 77.2 Å². The molecule has 0 aliphatic carbocycles. The van der Waals surface area contributed by atoms with Crippen LogP contribution in [0.5, 0.6) is 0 Å². The van der Waals surface area contributed by atoms with Crippen molar-refractivity contribution in [2.45, 2.75) is 12.5 Å². The van der Waals surface area contributed by atoms with Gasteiger partial charge in [-0.25, -0.2) is 0 Å². The van der Waals surface area contributed by atoms with E-state index in [1.165, 1.54) is 0 Å². The molecule has 1 atom stereocenters. The summed E-state index contributed by atoms with van der Waals surface area (Å²) >= 11 is 0. The second-order valence-corrected chi connectivity index (χ2v) is 4.05. The molecule has 2 N–H and O–H groups in total. The van der Waals surface area contributed by atoms with Crippen molar-refractivity contribution in [1.82, 2.24) is 5.32 Å². The first-order valence-corrected chi connectivity index (χ1v) is 6.60. The summed E-state index contributed by atoms with van der Waals surface area (Å²) in [4.78, 5) is 0. The predicted molar refractivity (Wildman–Crippen MR) is 66.8 cm³/mol. The predicted octanol–water partition coefficient (Wildman–Crippen LogP) is -0.593. The SMILES string of the molecule is OCCOCCOCCOCCOC1CCNC1. The van der Waals surface area contributed by atoms with Crippen LogP contribution in [-0.2, 0) is 18.9 Å². The van der Waals surface area contributed by atoms with E-state index in [2.05, 4.69) is 5.32 Å². The molecular formula is C12H25NO5. The second-order valence-electron chi connectivity index (χ2n) is 4.05. The molecule has 1 heterocycles. The van der Waals surface area contributed by atoms with Crippen molar-refractivity contribution in [2.24, 2.45) is 0 Å². The first-order valence-electron chi connectivity index (χ1n) is 6.60. The number of hydrogen-bond donors (Lipinski definition) is 2. The number of ether oxygens (including phenoxy) is 4. The Hall–Kier alpha value is -0.240. The average Bonchev–Trinajstić information content (AvgIpc) is 2.89. The van der Waals surface area contributed by atoms with Crippen molar-refractivity contribution in [3.05, 3.63) is 0 Å². The van der Waals surface area contributed by atoms with E-state index >= 15 is 0 Å². The number of nitrogens with one attached hydrogen (secondary N) is 1. The molecule has 0 aromatic carbocycles. The fourth-order valence-corrected chi connectivity index (χ4v) is 1.65. The Morgan fingerprint density at radius 3 is 2.06 bits per heavy atom. The highest BCUT2D eigenvalue weighted by atomic mass is 16.6. The van der Waals surface area contributed by atoms with E-state index < -0.39 is 0 Å². The van der Waals surface area contributed by atoms with Gasteiger partial charge in [-0.1, -0.05) is 0 Å². The molecule has 0 amide bonds. The Labute approximate surface area is 109 Å². The van der Waals surface area contributed by atoms with Gasteiger partial charge in [-0.05, 0) is 13.0 Å². The molecule has 6 heteroatoms. The lowest BCUT2D eigenvalue weighted by atomic mass is 10.3. The summed E-state index contributed by atoms with van der Waals surface area (Å²) in [6.45, 7) is 5.88. The molecule has 0 spiro atoms. The first-order chi connectivity index (χ1) is 8.93. The van der Waals surface area contributed by atoms with Gasteiger partial charge in [0.05, 0.1) is 59.0 Å².